The Hall–Kier alpha value is -1.61. The molecule has 0 radical (unpaired) electrons. The number of nitrogens with one attached hydrogen (secondary N) is 3. The Labute approximate surface area is 105 Å². The quantitative estimate of drug-likeness (QED) is 0.375. The minimum absolute atomic E-state index is 0.174. The van der Waals surface area contributed by atoms with Crippen molar-refractivity contribution in [2.45, 2.75) is 25.3 Å². The number of carbonyl (C=O) groups is 1. The Morgan fingerprint density at radius 3 is 2.82 bits per heavy atom. The van der Waals surface area contributed by atoms with Crippen molar-refractivity contribution >= 4 is 23.2 Å². The van der Waals surface area contributed by atoms with Gasteiger partial charge in [-0.1, -0.05) is 12.2 Å². The zero-order chi connectivity index (χ0) is 12.3. The molecule has 1 amide bonds. The van der Waals surface area contributed by atoms with E-state index in [1.54, 1.807) is 6.07 Å². The van der Waals surface area contributed by atoms with Gasteiger partial charge in [-0.2, -0.15) is 5.26 Å². The lowest BCUT2D eigenvalue weighted by molar-refractivity contribution is -0.120. The summed E-state index contributed by atoms with van der Waals surface area (Å²) >= 11 is 5.06. The third-order valence-electron chi connectivity index (χ3n) is 3.15. The zero-order valence-electron chi connectivity index (χ0n) is 9.27. The van der Waals surface area contributed by atoms with Crippen LogP contribution in [0.15, 0.2) is 12.2 Å². The van der Waals surface area contributed by atoms with E-state index in [0.717, 1.165) is 6.42 Å². The number of nitriles is 1. The molecule has 2 aliphatic rings. The first-order valence-corrected chi connectivity index (χ1v) is 6.00. The topological polar surface area (TPSA) is 77.0 Å². The number of rotatable bonds is 2. The molecule has 3 N–H and O–H groups in total. The van der Waals surface area contributed by atoms with Gasteiger partial charge in [0.05, 0.1) is 6.07 Å². The first kappa shape index (κ1) is 11.9. The molecule has 1 saturated carbocycles. The Balaban J connectivity index is 1.70. The van der Waals surface area contributed by atoms with E-state index >= 15 is 0 Å². The average molecular weight is 250 g/mol. The van der Waals surface area contributed by atoms with Crippen molar-refractivity contribution in [2.24, 2.45) is 11.8 Å². The highest BCUT2D eigenvalue weighted by atomic mass is 32.1. The molecule has 2 aliphatic carbocycles. The van der Waals surface area contributed by atoms with Crippen molar-refractivity contribution in [1.29, 1.82) is 5.26 Å². The molecular weight excluding hydrogens is 236 g/mol. The number of fused-ring (bicyclic) bond motifs is 2. The molecule has 0 unspecified atom stereocenters. The Morgan fingerprint density at radius 2 is 2.24 bits per heavy atom. The molecule has 5 nitrogen and oxygen atoms in total. The second-order valence-electron chi connectivity index (χ2n) is 4.37. The van der Waals surface area contributed by atoms with Gasteiger partial charge in [-0.15, -0.1) is 0 Å². The number of amides is 1. The summed E-state index contributed by atoms with van der Waals surface area (Å²) < 4.78 is 0. The Kier molecular flexibility index (Phi) is 3.59. The van der Waals surface area contributed by atoms with Gasteiger partial charge in [0.15, 0.2) is 5.11 Å². The van der Waals surface area contributed by atoms with Crippen molar-refractivity contribution in [3.05, 3.63) is 12.2 Å². The molecule has 3 atom stereocenters. The van der Waals surface area contributed by atoms with Crippen LogP contribution in [0.4, 0.5) is 0 Å². The van der Waals surface area contributed by atoms with E-state index in [2.05, 4.69) is 28.3 Å². The molecule has 0 aromatic heterocycles. The van der Waals surface area contributed by atoms with Crippen LogP contribution in [-0.2, 0) is 4.79 Å². The molecule has 2 rings (SSSR count). The summed E-state index contributed by atoms with van der Waals surface area (Å²) in [4.78, 5) is 11.0. The molecule has 0 aromatic carbocycles. The summed E-state index contributed by atoms with van der Waals surface area (Å²) in [6, 6.07) is 2.12. The number of hydrogen-bond acceptors (Lipinski definition) is 3. The predicted octanol–water partition coefficient (Wildman–Crippen LogP) is 0.360. The highest BCUT2D eigenvalue weighted by molar-refractivity contribution is 7.80. The molecule has 2 bridgehead atoms. The summed E-state index contributed by atoms with van der Waals surface area (Å²) in [6.07, 6.45) is 6.60. The fourth-order valence-corrected chi connectivity index (χ4v) is 2.60. The van der Waals surface area contributed by atoms with Crippen LogP contribution in [0, 0.1) is 23.2 Å². The van der Waals surface area contributed by atoms with Gasteiger partial charge < -0.3 is 5.32 Å². The Morgan fingerprint density at radius 1 is 1.41 bits per heavy atom. The summed E-state index contributed by atoms with van der Waals surface area (Å²) in [5.41, 5.74) is 4.97. The van der Waals surface area contributed by atoms with Gasteiger partial charge in [-0.25, -0.2) is 0 Å². The molecule has 0 saturated heterocycles. The molecule has 90 valence electrons. The van der Waals surface area contributed by atoms with Crippen molar-refractivity contribution in [2.75, 3.05) is 0 Å². The molecular formula is C11H14N4OS. The van der Waals surface area contributed by atoms with Gasteiger partial charge >= 0.3 is 0 Å². The molecule has 0 spiro atoms. The molecule has 1 fully saturated rings. The third kappa shape index (κ3) is 2.94. The lowest BCUT2D eigenvalue weighted by atomic mass is 10.0. The van der Waals surface area contributed by atoms with E-state index in [0.29, 0.717) is 23.0 Å². The van der Waals surface area contributed by atoms with Gasteiger partial charge in [0.1, 0.15) is 6.42 Å². The smallest absolute Gasteiger partial charge is 0.252 e. The van der Waals surface area contributed by atoms with E-state index in [4.69, 9.17) is 17.5 Å². The Bertz CT molecular complexity index is 401. The van der Waals surface area contributed by atoms with Gasteiger partial charge in [0.25, 0.3) is 5.91 Å². The number of hydrazine groups is 1. The van der Waals surface area contributed by atoms with E-state index in [-0.39, 0.29) is 12.3 Å². The second kappa shape index (κ2) is 5.15. The van der Waals surface area contributed by atoms with E-state index in [1.807, 2.05) is 0 Å². The average Bonchev–Trinajstić information content (AvgIpc) is 2.88. The maximum absolute atomic E-state index is 11.0. The van der Waals surface area contributed by atoms with Crippen molar-refractivity contribution in [3.63, 3.8) is 0 Å². The fraction of sp³-hybridized carbons (Fsp3) is 0.545. The van der Waals surface area contributed by atoms with Gasteiger partial charge in [-0.3, -0.25) is 15.6 Å². The minimum Gasteiger partial charge on any atom is -0.358 e. The van der Waals surface area contributed by atoms with E-state index in [1.165, 1.54) is 6.42 Å². The van der Waals surface area contributed by atoms with Gasteiger partial charge in [-0.05, 0) is 36.9 Å². The minimum atomic E-state index is -0.385. The fourth-order valence-electron chi connectivity index (χ4n) is 2.39. The van der Waals surface area contributed by atoms with Crippen molar-refractivity contribution in [1.82, 2.24) is 16.2 Å². The van der Waals surface area contributed by atoms with E-state index < -0.39 is 0 Å². The summed E-state index contributed by atoms with van der Waals surface area (Å²) in [6.45, 7) is 0. The monoisotopic (exact) mass is 250 g/mol. The molecule has 17 heavy (non-hydrogen) atoms. The lowest BCUT2D eigenvalue weighted by Gasteiger charge is -2.21. The van der Waals surface area contributed by atoms with Crippen LogP contribution >= 0.6 is 12.2 Å². The van der Waals surface area contributed by atoms with Crippen LogP contribution in [0.2, 0.25) is 0 Å². The summed E-state index contributed by atoms with van der Waals surface area (Å²) in [7, 11) is 0. The van der Waals surface area contributed by atoms with Crippen molar-refractivity contribution in [3.8, 4) is 6.07 Å². The lowest BCUT2D eigenvalue weighted by Crippen LogP contribution is -2.50. The second-order valence-corrected chi connectivity index (χ2v) is 4.78. The largest absolute Gasteiger partial charge is 0.358 e. The predicted molar refractivity (Wildman–Crippen MR) is 66.4 cm³/mol. The van der Waals surface area contributed by atoms with Crippen LogP contribution in [0.3, 0.4) is 0 Å². The molecule has 0 aliphatic heterocycles. The van der Waals surface area contributed by atoms with Gasteiger partial charge in [0.2, 0.25) is 0 Å². The number of nitrogens with zero attached hydrogens (tertiary/aromatic N) is 1. The first-order chi connectivity index (χ1) is 8.19. The summed E-state index contributed by atoms with van der Waals surface area (Å²) in [5, 5.41) is 11.9. The SMILES string of the molecule is N#CCC(=O)NNC(=S)N[C@H]1C[C@H]2C=C[C@@H]1C2. The zero-order valence-corrected chi connectivity index (χ0v) is 10.1. The number of allylic oxidation sites excluding steroid dienone is 1. The van der Waals surface area contributed by atoms with E-state index in [9.17, 15) is 4.79 Å². The number of thiocarbonyl (C=S) groups is 1. The highest BCUT2D eigenvalue weighted by Gasteiger charge is 2.35. The number of hydrogen-bond donors (Lipinski definition) is 3. The molecule has 0 heterocycles. The van der Waals surface area contributed by atoms with Crippen LogP contribution in [0.1, 0.15) is 19.3 Å². The van der Waals surface area contributed by atoms with Crippen LogP contribution in [0.25, 0.3) is 0 Å². The van der Waals surface area contributed by atoms with Crippen molar-refractivity contribution < 1.29 is 4.79 Å². The van der Waals surface area contributed by atoms with Crippen LogP contribution in [0.5, 0.6) is 0 Å². The normalized spacial score (nSPS) is 28.5. The third-order valence-corrected chi connectivity index (χ3v) is 3.37. The van der Waals surface area contributed by atoms with Gasteiger partial charge in [0, 0.05) is 6.04 Å². The summed E-state index contributed by atoms with van der Waals surface area (Å²) in [5.74, 6) is 0.840. The first-order valence-electron chi connectivity index (χ1n) is 5.59. The standard InChI is InChI=1S/C11H14N4OS/c12-4-3-10(16)14-15-11(17)13-9-6-7-1-2-8(9)5-7/h1-2,7-9H,3,5-6H2,(H,14,16)(H2,13,15,17)/t7-,8+,9-/m0/s1. The van der Waals surface area contributed by atoms with Crippen LogP contribution in [-0.4, -0.2) is 17.1 Å². The number of carbonyl (C=O) groups excluding carboxylic acids is 1. The van der Waals surface area contributed by atoms with Crippen LogP contribution < -0.4 is 16.2 Å². The maximum atomic E-state index is 11.0. The molecule has 0 aromatic rings. The molecule has 6 heteroatoms. The maximum Gasteiger partial charge on any atom is 0.252 e. The highest BCUT2D eigenvalue weighted by Crippen LogP contribution is 2.38.